The number of thiocarbonyl (C=S) groups is 1. The number of aromatic nitrogens is 1. The highest BCUT2D eigenvalue weighted by molar-refractivity contribution is 7.80. The molecule has 1 aliphatic heterocycles. The zero-order chi connectivity index (χ0) is 16.0. The number of benzene rings is 1. The number of H-pyrrole nitrogens is 1. The van der Waals surface area contributed by atoms with Crippen LogP contribution >= 0.6 is 12.2 Å². The van der Waals surface area contributed by atoms with Gasteiger partial charge in [0.2, 0.25) is 0 Å². The topological polar surface area (TPSA) is 43.1 Å². The Morgan fingerprint density at radius 1 is 1.43 bits per heavy atom. The number of hydrogen-bond donors (Lipinski definition) is 3. The van der Waals surface area contributed by atoms with E-state index in [1.165, 1.54) is 27.6 Å². The Balaban J connectivity index is 1.74. The predicted octanol–water partition coefficient (Wildman–Crippen LogP) is 2.27. The van der Waals surface area contributed by atoms with Gasteiger partial charge in [0.25, 0.3) is 0 Å². The maximum absolute atomic E-state index is 5.36. The van der Waals surface area contributed by atoms with Crippen molar-refractivity contribution >= 4 is 33.8 Å². The summed E-state index contributed by atoms with van der Waals surface area (Å²) in [6.07, 6.45) is 5.62. The highest BCUT2D eigenvalue weighted by Gasteiger charge is 2.33. The summed E-state index contributed by atoms with van der Waals surface area (Å²) in [5, 5.41) is 8.73. The highest BCUT2D eigenvalue weighted by Crippen LogP contribution is 2.39. The Hall–Kier alpha value is -1.85. The molecule has 120 valence electrons. The average molecular weight is 326 g/mol. The van der Waals surface area contributed by atoms with Crippen LogP contribution in [0.4, 0.5) is 0 Å². The van der Waals surface area contributed by atoms with E-state index in [9.17, 15) is 0 Å². The molecule has 0 amide bonds. The number of rotatable bonds is 2. The lowest BCUT2D eigenvalue weighted by molar-refractivity contribution is 0.262. The van der Waals surface area contributed by atoms with Gasteiger partial charge < -0.3 is 15.6 Å². The van der Waals surface area contributed by atoms with Crippen molar-refractivity contribution in [3.63, 3.8) is 0 Å². The van der Waals surface area contributed by atoms with Gasteiger partial charge in [0.1, 0.15) is 0 Å². The molecule has 2 aliphatic rings. The molecule has 0 fully saturated rings. The molecule has 2 aromatic rings. The number of aromatic amines is 1. The van der Waals surface area contributed by atoms with Crippen LogP contribution in [0.2, 0.25) is 0 Å². The molecule has 3 N–H and O–H groups in total. The van der Waals surface area contributed by atoms with Crippen molar-refractivity contribution in [2.45, 2.75) is 25.4 Å². The first-order valence-electron chi connectivity index (χ1n) is 8.23. The molecule has 1 aromatic carbocycles. The second kappa shape index (κ2) is 5.65. The van der Waals surface area contributed by atoms with Gasteiger partial charge in [0, 0.05) is 36.2 Å². The largest absolute Gasteiger partial charge is 0.363 e. The number of hydrogen-bond acceptors (Lipinski definition) is 2. The van der Waals surface area contributed by atoms with Gasteiger partial charge in [0.15, 0.2) is 5.11 Å². The summed E-state index contributed by atoms with van der Waals surface area (Å²) in [5.41, 5.74) is 5.45. The van der Waals surface area contributed by atoms with Crippen molar-refractivity contribution in [2.75, 3.05) is 20.1 Å². The van der Waals surface area contributed by atoms with E-state index in [-0.39, 0.29) is 6.04 Å². The number of nitrogens with zero attached hydrogens (tertiary/aromatic N) is 1. The summed E-state index contributed by atoms with van der Waals surface area (Å²) in [4.78, 5) is 5.85. The van der Waals surface area contributed by atoms with Crippen LogP contribution < -0.4 is 10.6 Å². The first-order valence-corrected chi connectivity index (χ1v) is 8.64. The van der Waals surface area contributed by atoms with Gasteiger partial charge in [-0.2, -0.15) is 0 Å². The van der Waals surface area contributed by atoms with Gasteiger partial charge in [-0.15, -0.1) is 0 Å². The minimum absolute atomic E-state index is 0.244. The molecule has 0 radical (unpaired) electrons. The molecule has 0 saturated heterocycles. The van der Waals surface area contributed by atoms with Gasteiger partial charge >= 0.3 is 0 Å². The van der Waals surface area contributed by atoms with Crippen LogP contribution in [-0.4, -0.2) is 47.2 Å². The molecule has 0 unspecified atom stereocenters. The minimum Gasteiger partial charge on any atom is -0.363 e. The van der Waals surface area contributed by atoms with E-state index in [1.807, 2.05) is 0 Å². The monoisotopic (exact) mass is 326 g/mol. The lowest BCUT2D eigenvalue weighted by Gasteiger charge is -2.40. The third-order valence-electron chi connectivity index (χ3n) is 4.92. The zero-order valence-electron chi connectivity index (χ0n) is 13.5. The quantitative estimate of drug-likeness (QED) is 0.741. The van der Waals surface area contributed by atoms with E-state index in [0.717, 1.165) is 24.6 Å². The Kier molecular flexibility index (Phi) is 3.62. The van der Waals surface area contributed by atoms with E-state index in [0.29, 0.717) is 6.04 Å². The molecular weight excluding hydrogens is 304 g/mol. The van der Waals surface area contributed by atoms with Crippen LogP contribution in [-0.2, 0) is 6.42 Å². The molecule has 5 heteroatoms. The van der Waals surface area contributed by atoms with Crippen LogP contribution in [0, 0.1) is 0 Å². The van der Waals surface area contributed by atoms with Crippen LogP contribution in [0.3, 0.4) is 0 Å². The fourth-order valence-electron chi connectivity index (χ4n) is 3.92. The van der Waals surface area contributed by atoms with Gasteiger partial charge in [0.05, 0.1) is 6.04 Å². The van der Waals surface area contributed by atoms with Crippen molar-refractivity contribution in [3.8, 4) is 0 Å². The first-order chi connectivity index (χ1) is 11.2. The van der Waals surface area contributed by atoms with Gasteiger partial charge in [-0.25, -0.2) is 0 Å². The van der Waals surface area contributed by atoms with Gasteiger partial charge in [-0.3, -0.25) is 4.90 Å². The normalized spacial score (nSPS) is 23.3. The molecule has 4 rings (SSSR count). The first kappa shape index (κ1) is 14.7. The third-order valence-corrected chi connectivity index (χ3v) is 5.18. The highest BCUT2D eigenvalue weighted by atomic mass is 32.1. The van der Waals surface area contributed by atoms with Crippen molar-refractivity contribution < 1.29 is 0 Å². The fraction of sp³-hybridized carbons (Fsp3) is 0.389. The lowest BCUT2D eigenvalue weighted by atomic mass is 9.81. The van der Waals surface area contributed by atoms with E-state index in [2.05, 4.69) is 65.0 Å². The van der Waals surface area contributed by atoms with Crippen molar-refractivity contribution in [2.24, 2.45) is 0 Å². The van der Waals surface area contributed by atoms with Crippen molar-refractivity contribution in [1.82, 2.24) is 20.5 Å². The molecule has 1 aromatic heterocycles. The van der Waals surface area contributed by atoms with E-state index in [1.54, 1.807) is 0 Å². The molecule has 2 heterocycles. The minimum atomic E-state index is 0.244. The van der Waals surface area contributed by atoms with Crippen LogP contribution in [0.5, 0.6) is 0 Å². The van der Waals surface area contributed by atoms with Crippen molar-refractivity contribution in [3.05, 3.63) is 41.6 Å². The summed E-state index contributed by atoms with van der Waals surface area (Å²) >= 11 is 5.36. The predicted molar refractivity (Wildman–Crippen MR) is 99.6 cm³/mol. The summed E-state index contributed by atoms with van der Waals surface area (Å²) < 4.78 is 0. The Labute approximate surface area is 141 Å². The molecule has 4 nitrogen and oxygen atoms in total. The summed E-state index contributed by atoms with van der Waals surface area (Å²) in [7, 11) is 2.21. The zero-order valence-corrected chi connectivity index (χ0v) is 14.3. The van der Waals surface area contributed by atoms with Crippen LogP contribution in [0.1, 0.15) is 18.1 Å². The third kappa shape index (κ3) is 2.44. The number of likely N-dealkylation sites (N-methyl/N-ethyl adjacent to an activating group) is 1. The molecule has 2 atom stereocenters. The maximum Gasteiger partial charge on any atom is 0.166 e. The molecular formula is C18H22N4S. The summed E-state index contributed by atoms with van der Waals surface area (Å²) in [5.74, 6) is 0. The second-order valence-electron chi connectivity index (χ2n) is 6.43. The van der Waals surface area contributed by atoms with Gasteiger partial charge in [-0.05, 0) is 55.4 Å². The summed E-state index contributed by atoms with van der Waals surface area (Å²) in [6.45, 7) is 3.87. The molecule has 1 aliphatic carbocycles. The van der Waals surface area contributed by atoms with Gasteiger partial charge in [-0.1, -0.05) is 18.2 Å². The van der Waals surface area contributed by atoms with E-state index >= 15 is 0 Å². The van der Waals surface area contributed by atoms with Crippen molar-refractivity contribution in [1.29, 1.82) is 0 Å². The van der Waals surface area contributed by atoms with E-state index < -0.39 is 0 Å². The molecule has 0 bridgehead atoms. The molecule has 0 spiro atoms. The lowest BCUT2D eigenvalue weighted by Crippen LogP contribution is -2.52. The smallest absolute Gasteiger partial charge is 0.166 e. The maximum atomic E-state index is 5.36. The molecule has 0 saturated carbocycles. The number of fused-ring (bicyclic) bond motifs is 2. The van der Waals surface area contributed by atoms with Crippen LogP contribution in [0.25, 0.3) is 16.5 Å². The van der Waals surface area contributed by atoms with E-state index in [4.69, 9.17) is 12.2 Å². The Morgan fingerprint density at radius 2 is 2.30 bits per heavy atom. The standard InChI is InChI=1S/C18H22N4S/c1-3-19-18(23)21-12-8-14-13-5-4-6-15-17(13)11(9-20-15)7-16(14)22(2)10-12/h4-6,8-9,12,16,20H,3,7,10H2,1-2H3,(H2,19,21,23)/t12-,16-/m1/s1. The van der Waals surface area contributed by atoms with Crippen LogP contribution in [0.15, 0.2) is 30.5 Å². The molecule has 23 heavy (non-hydrogen) atoms. The fourth-order valence-corrected chi connectivity index (χ4v) is 4.22. The number of nitrogens with one attached hydrogen (secondary N) is 3. The average Bonchev–Trinajstić information content (AvgIpc) is 2.93. The second-order valence-corrected chi connectivity index (χ2v) is 6.84. The summed E-state index contributed by atoms with van der Waals surface area (Å²) in [6, 6.07) is 7.24. The Morgan fingerprint density at radius 3 is 3.13 bits per heavy atom. The Bertz CT molecular complexity index is 791. The SMILES string of the molecule is CCNC(=S)N[C@@H]1C=C2c3cccc4[nH]cc(c34)C[C@H]2N(C)C1.